The molecule has 0 fully saturated rings. The van der Waals surface area contributed by atoms with E-state index in [1.165, 1.54) is 12.1 Å². The van der Waals surface area contributed by atoms with E-state index in [0.29, 0.717) is 5.56 Å². The first-order valence-corrected chi connectivity index (χ1v) is 6.35. The van der Waals surface area contributed by atoms with Gasteiger partial charge in [0.2, 0.25) is 6.08 Å². The summed E-state index contributed by atoms with van der Waals surface area (Å²) in [6.45, 7) is -0.0931. The van der Waals surface area contributed by atoms with Crippen molar-refractivity contribution >= 4 is 27.5 Å². The first-order chi connectivity index (χ1) is 7.36. The van der Waals surface area contributed by atoms with Crippen LogP contribution in [0.1, 0.15) is 5.56 Å². The average molecular weight is 264 g/mol. The molecule has 0 aromatic heterocycles. The highest BCUT2D eigenvalue weighted by Gasteiger charge is 2.18. The molecule has 1 aromatic carbocycles. The number of isocyanates is 1. The molecule has 0 radical (unpaired) electrons. The van der Waals surface area contributed by atoms with E-state index in [-0.39, 0.29) is 11.6 Å². The molecule has 4 nitrogen and oxygen atoms in total. The molecule has 0 unspecified atom stereocenters. The Morgan fingerprint density at radius 3 is 2.56 bits per heavy atom. The van der Waals surface area contributed by atoms with Crippen LogP contribution in [0.3, 0.4) is 0 Å². The average Bonchev–Trinajstić information content (AvgIpc) is 2.11. The summed E-state index contributed by atoms with van der Waals surface area (Å²) in [5.41, 5.74) is 0.304. The van der Waals surface area contributed by atoms with Crippen molar-refractivity contribution in [3.63, 3.8) is 0 Å². The fraction of sp³-hybridized carbons (Fsp3) is 0.222. The number of hydrogen-bond acceptors (Lipinski definition) is 4. The number of nitrogens with zero attached hydrogens (tertiary/aromatic N) is 1. The molecule has 0 aliphatic rings. The molecule has 0 atom stereocenters. The second kappa shape index (κ2) is 4.74. The van der Waals surface area contributed by atoms with Crippen molar-refractivity contribution in [1.29, 1.82) is 0 Å². The monoisotopic (exact) mass is 263 g/mol. The maximum Gasteiger partial charge on any atom is 0.235 e. The number of rotatable bonds is 3. The summed E-state index contributed by atoms with van der Waals surface area (Å²) in [5.74, 6) is -0.953. The molecule has 1 aromatic rings. The predicted octanol–water partition coefficient (Wildman–Crippen LogP) is 1.72. The molecule has 0 aliphatic carbocycles. The smallest absolute Gasteiger partial charge is 0.224 e. The topological polar surface area (TPSA) is 63.6 Å². The van der Waals surface area contributed by atoms with Gasteiger partial charge in [0.25, 0.3) is 0 Å². The third-order valence-corrected chi connectivity index (χ3v) is 3.32. The highest BCUT2D eigenvalue weighted by atomic mass is 35.5. The van der Waals surface area contributed by atoms with Crippen molar-refractivity contribution < 1.29 is 17.6 Å². The molecule has 7 heteroatoms. The highest BCUT2D eigenvalue weighted by molar-refractivity contribution is 7.90. The summed E-state index contributed by atoms with van der Waals surface area (Å²) in [6.07, 6.45) is 2.15. The van der Waals surface area contributed by atoms with E-state index >= 15 is 0 Å². The first kappa shape index (κ1) is 12.8. The number of halogens is 2. The molecule has 0 heterocycles. The van der Waals surface area contributed by atoms with Crippen LogP contribution in [-0.4, -0.2) is 20.8 Å². The second-order valence-corrected chi connectivity index (χ2v) is 5.43. The molecule has 0 spiro atoms. The summed E-state index contributed by atoms with van der Waals surface area (Å²) in [7, 11) is -3.72. The van der Waals surface area contributed by atoms with Crippen LogP contribution in [0.5, 0.6) is 0 Å². The van der Waals surface area contributed by atoms with Gasteiger partial charge < -0.3 is 0 Å². The number of sulfone groups is 1. The zero-order chi connectivity index (χ0) is 12.3. The molecule has 0 saturated carbocycles. The van der Waals surface area contributed by atoms with E-state index in [4.69, 9.17) is 11.6 Å². The van der Waals surface area contributed by atoms with Crippen molar-refractivity contribution in [2.45, 2.75) is 11.4 Å². The Bertz CT molecular complexity index is 541. The molecule has 0 aliphatic heterocycles. The predicted molar refractivity (Wildman–Crippen MR) is 56.3 cm³/mol. The molecule has 0 amide bonds. The van der Waals surface area contributed by atoms with Gasteiger partial charge in [-0.25, -0.2) is 22.6 Å². The Kier molecular flexibility index (Phi) is 3.80. The Balaban J connectivity index is 3.34. The summed E-state index contributed by atoms with van der Waals surface area (Å²) >= 11 is 5.64. The van der Waals surface area contributed by atoms with Gasteiger partial charge in [-0.05, 0) is 17.7 Å². The van der Waals surface area contributed by atoms with Gasteiger partial charge in [-0.3, -0.25) is 0 Å². The largest absolute Gasteiger partial charge is 0.235 e. The minimum atomic E-state index is -3.72. The minimum absolute atomic E-state index is 0.0931. The normalized spacial score (nSPS) is 10.9. The van der Waals surface area contributed by atoms with Gasteiger partial charge >= 0.3 is 0 Å². The van der Waals surface area contributed by atoms with E-state index in [0.717, 1.165) is 12.3 Å². The Hall–Kier alpha value is -1.23. The van der Waals surface area contributed by atoms with Gasteiger partial charge in [0.1, 0.15) is 10.7 Å². The lowest BCUT2D eigenvalue weighted by Crippen LogP contribution is -2.03. The van der Waals surface area contributed by atoms with Crippen molar-refractivity contribution in [1.82, 2.24) is 0 Å². The van der Waals surface area contributed by atoms with E-state index in [1.807, 2.05) is 0 Å². The highest BCUT2D eigenvalue weighted by Crippen LogP contribution is 2.26. The lowest BCUT2D eigenvalue weighted by atomic mass is 10.2. The van der Waals surface area contributed by atoms with Crippen LogP contribution >= 0.6 is 11.6 Å². The van der Waals surface area contributed by atoms with Crippen LogP contribution in [0.25, 0.3) is 0 Å². The van der Waals surface area contributed by atoms with Gasteiger partial charge in [-0.15, -0.1) is 0 Å². The quantitative estimate of drug-likeness (QED) is 0.616. The van der Waals surface area contributed by atoms with E-state index < -0.39 is 20.5 Å². The standard InChI is InChI=1S/C9H7ClFNO3S/c1-16(14,15)9-7(10)2-6(3-8(9)11)4-12-5-13/h2-3H,4H2,1H3. The SMILES string of the molecule is CS(=O)(=O)c1c(F)cc(CN=C=O)cc1Cl. The van der Waals surface area contributed by atoms with E-state index in [2.05, 4.69) is 4.99 Å². The molecule has 0 N–H and O–H groups in total. The van der Waals surface area contributed by atoms with Crippen LogP contribution < -0.4 is 0 Å². The molecule has 86 valence electrons. The molecule has 0 bridgehead atoms. The Morgan fingerprint density at radius 1 is 1.50 bits per heavy atom. The fourth-order valence-corrected chi connectivity index (χ4v) is 2.66. The van der Waals surface area contributed by atoms with Crippen molar-refractivity contribution in [3.05, 3.63) is 28.5 Å². The summed E-state index contributed by atoms with van der Waals surface area (Å²) in [4.78, 5) is 12.5. The lowest BCUT2D eigenvalue weighted by Gasteiger charge is -2.05. The summed E-state index contributed by atoms with van der Waals surface area (Å²) in [5, 5.41) is -0.224. The van der Waals surface area contributed by atoms with Crippen LogP contribution in [0, 0.1) is 5.82 Å². The fourth-order valence-electron chi connectivity index (χ4n) is 1.18. The van der Waals surface area contributed by atoms with Gasteiger partial charge in [0.15, 0.2) is 9.84 Å². The Morgan fingerprint density at radius 2 is 2.12 bits per heavy atom. The minimum Gasteiger partial charge on any atom is -0.224 e. The first-order valence-electron chi connectivity index (χ1n) is 4.08. The zero-order valence-electron chi connectivity index (χ0n) is 8.20. The van der Waals surface area contributed by atoms with Crippen LogP contribution in [0.2, 0.25) is 5.02 Å². The number of hydrogen-bond donors (Lipinski definition) is 0. The van der Waals surface area contributed by atoms with Crippen molar-refractivity contribution in [2.75, 3.05) is 6.26 Å². The summed E-state index contributed by atoms with van der Waals surface area (Å²) in [6, 6.07) is 2.23. The number of aliphatic imine (C=N–C) groups is 1. The van der Waals surface area contributed by atoms with Gasteiger partial charge in [-0.2, -0.15) is 0 Å². The molecule has 0 saturated heterocycles. The molecule has 1 rings (SSSR count). The van der Waals surface area contributed by atoms with Crippen LogP contribution in [0.4, 0.5) is 4.39 Å². The third-order valence-electron chi connectivity index (χ3n) is 1.76. The molecular weight excluding hydrogens is 257 g/mol. The van der Waals surface area contributed by atoms with E-state index in [1.54, 1.807) is 0 Å². The lowest BCUT2D eigenvalue weighted by molar-refractivity contribution is 0.561. The van der Waals surface area contributed by atoms with Gasteiger partial charge in [0.05, 0.1) is 11.6 Å². The van der Waals surface area contributed by atoms with Crippen LogP contribution in [0.15, 0.2) is 22.0 Å². The molecular formula is C9H7ClFNO3S. The maximum absolute atomic E-state index is 13.4. The zero-order valence-corrected chi connectivity index (χ0v) is 9.77. The Labute approximate surface area is 96.7 Å². The van der Waals surface area contributed by atoms with Crippen molar-refractivity contribution in [2.24, 2.45) is 4.99 Å². The second-order valence-electron chi connectivity index (χ2n) is 3.07. The van der Waals surface area contributed by atoms with E-state index in [9.17, 15) is 17.6 Å². The molecule has 16 heavy (non-hydrogen) atoms. The summed E-state index contributed by atoms with van der Waals surface area (Å²) < 4.78 is 35.8. The number of carbonyl (C=O) groups excluding carboxylic acids is 1. The number of benzene rings is 1. The van der Waals surface area contributed by atoms with Crippen molar-refractivity contribution in [3.8, 4) is 0 Å². The maximum atomic E-state index is 13.4. The van der Waals surface area contributed by atoms with Gasteiger partial charge in [-0.1, -0.05) is 11.6 Å². The van der Waals surface area contributed by atoms with Crippen LogP contribution in [-0.2, 0) is 21.2 Å². The van der Waals surface area contributed by atoms with Gasteiger partial charge in [0, 0.05) is 6.26 Å². The third kappa shape index (κ3) is 2.88.